The second kappa shape index (κ2) is 5.34. The van der Waals surface area contributed by atoms with Gasteiger partial charge in [0, 0.05) is 0 Å². The monoisotopic (exact) mass is 155 g/mol. The van der Waals surface area contributed by atoms with Crippen molar-refractivity contribution in [3.63, 3.8) is 0 Å². The van der Waals surface area contributed by atoms with Gasteiger partial charge in [-0.05, 0) is 26.5 Å². The summed E-state index contributed by atoms with van der Waals surface area (Å²) in [5.74, 6) is 0. The summed E-state index contributed by atoms with van der Waals surface area (Å²) in [6, 6.07) is 0. The van der Waals surface area contributed by atoms with Gasteiger partial charge in [-0.15, -0.1) is 0 Å². The van der Waals surface area contributed by atoms with Gasteiger partial charge in [-0.25, -0.2) is 0 Å². The molecule has 0 amide bonds. The maximum absolute atomic E-state index is 4.20. The molecule has 0 bridgehead atoms. The van der Waals surface area contributed by atoms with Crippen molar-refractivity contribution in [3.8, 4) is 0 Å². The molecule has 0 aromatic carbocycles. The van der Waals surface area contributed by atoms with Gasteiger partial charge in [-0.3, -0.25) is 4.99 Å². The first-order valence-electron chi connectivity index (χ1n) is 4.66. The topological polar surface area (TPSA) is 12.4 Å². The molecule has 0 saturated heterocycles. The molecule has 0 aromatic rings. The lowest BCUT2D eigenvalue weighted by molar-refractivity contribution is 0.389. The quantitative estimate of drug-likeness (QED) is 0.521. The normalized spacial score (nSPS) is 15.9. The molecule has 66 valence electrons. The molecule has 1 unspecified atom stereocenters. The van der Waals surface area contributed by atoms with Crippen LogP contribution in [-0.4, -0.2) is 12.3 Å². The van der Waals surface area contributed by atoms with E-state index in [-0.39, 0.29) is 5.54 Å². The van der Waals surface area contributed by atoms with E-state index in [4.69, 9.17) is 0 Å². The van der Waals surface area contributed by atoms with Crippen LogP contribution in [0.1, 0.15) is 52.9 Å². The summed E-state index contributed by atoms with van der Waals surface area (Å²) in [7, 11) is 0. The van der Waals surface area contributed by atoms with Crippen molar-refractivity contribution in [1.82, 2.24) is 0 Å². The molecule has 0 fully saturated rings. The highest BCUT2D eigenvalue weighted by Crippen LogP contribution is 2.23. The van der Waals surface area contributed by atoms with Crippen LogP contribution in [0.4, 0.5) is 0 Å². The zero-order chi connectivity index (χ0) is 8.74. The molecule has 0 radical (unpaired) electrons. The third kappa shape index (κ3) is 4.18. The molecule has 0 N–H and O–H groups in total. The minimum absolute atomic E-state index is 0.157. The van der Waals surface area contributed by atoms with E-state index < -0.39 is 0 Å². The highest BCUT2D eigenvalue weighted by molar-refractivity contribution is 5.25. The molecule has 0 heterocycles. The second-order valence-corrected chi connectivity index (χ2v) is 3.51. The zero-order valence-electron chi connectivity index (χ0n) is 8.19. The van der Waals surface area contributed by atoms with E-state index in [0.717, 1.165) is 0 Å². The van der Waals surface area contributed by atoms with Gasteiger partial charge in [0.05, 0.1) is 5.54 Å². The minimum atomic E-state index is 0.157. The Kier molecular flexibility index (Phi) is 5.18. The average Bonchev–Trinajstić information content (AvgIpc) is 2.02. The van der Waals surface area contributed by atoms with Crippen LogP contribution < -0.4 is 0 Å². The molecule has 0 aliphatic carbocycles. The highest BCUT2D eigenvalue weighted by atomic mass is 14.8. The van der Waals surface area contributed by atoms with Gasteiger partial charge in [0.15, 0.2) is 0 Å². The van der Waals surface area contributed by atoms with E-state index >= 15 is 0 Å². The Balaban J connectivity index is 3.77. The predicted molar refractivity (Wildman–Crippen MR) is 52.4 cm³/mol. The summed E-state index contributed by atoms with van der Waals surface area (Å²) in [6.07, 6.45) is 6.11. The Morgan fingerprint density at radius 1 is 1.18 bits per heavy atom. The van der Waals surface area contributed by atoms with Crippen molar-refractivity contribution >= 4 is 6.72 Å². The van der Waals surface area contributed by atoms with Gasteiger partial charge in [0.2, 0.25) is 0 Å². The van der Waals surface area contributed by atoms with Crippen molar-refractivity contribution < 1.29 is 0 Å². The molecule has 0 aliphatic heterocycles. The fourth-order valence-electron chi connectivity index (χ4n) is 1.38. The number of hydrogen-bond donors (Lipinski definition) is 0. The van der Waals surface area contributed by atoms with E-state index in [0.29, 0.717) is 0 Å². The Morgan fingerprint density at radius 2 is 1.82 bits per heavy atom. The number of aliphatic imine (C=N–C) groups is 1. The van der Waals surface area contributed by atoms with Crippen molar-refractivity contribution in [2.75, 3.05) is 0 Å². The Bertz CT molecular complexity index is 109. The average molecular weight is 155 g/mol. The molecule has 1 nitrogen and oxygen atoms in total. The minimum Gasteiger partial charge on any atom is -0.295 e. The third-order valence-electron chi connectivity index (χ3n) is 2.24. The van der Waals surface area contributed by atoms with E-state index in [2.05, 4.69) is 32.5 Å². The number of nitrogens with zero attached hydrogens (tertiary/aromatic N) is 1. The summed E-state index contributed by atoms with van der Waals surface area (Å²) >= 11 is 0. The van der Waals surface area contributed by atoms with Crippen molar-refractivity contribution in [2.24, 2.45) is 4.99 Å². The SMILES string of the molecule is C=NC(C)(CCC)CCCC. The molecule has 0 rings (SSSR count). The summed E-state index contributed by atoms with van der Waals surface area (Å²) in [6.45, 7) is 10.3. The summed E-state index contributed by atoms with van der Waals surface area (Å²) in [5.41, 5.74) is 0.157. The van der Waals surface area contributed by atoms with Gasteiger partial charge in [-0.1, -0.05) is 33.1 Å². The molecular formula is C10H21N. The molecule has 1 atom stereocenters. The lowest BCUT2D eigenvalue weighted by Crippen LogP contribution is -2.20. The molecular weight excluding hydrogens is 134 g/mol. The first kappa shape index (κ1) is 10.7. The second-order valence-electron chi connectivity index (χ2n) is 3.51. The standard InChI is InChI=1S/C10H21N/c1-5-7-9-10(3,11-4)8-6-2/h4-9H2,1-3H3. The van der Waals surface area contributed by atoms with Gasteiger partial charge < -0.3 is 0 Å². The maximum Gasteiger partial charge on any atom is 0.0572 e. The molecule has 0 saturated carbocycles. The van der Waals surface area contributed by atoms with Gasteiger partial charge >= 0.3 is 0 Å². The maximum atomic E-state index is 4.20. The van der Waals surface area contributed by atoms with Crippen molar-refractivity contribution in [1.29, 1.82) is 0 Å². The van der Waals surface area contributed by atoms with E-state index in [1.165, 1.54) is 32.1 Å². The van der Waals surface area contributed by atoms with Gasteiger partial charge in [0.1, 0.15) is 0 Å². The molecule has 1 heteroatoms. The first-order chi connectivity index (χ1) is 5.18. The molecule has 0 spiro atoms. The van der Waals surface area contributed by atoms with Crippen LogP contribution in [0.15, 0.2) is 4.99 Å². The third-order valence-corrected chi connectivity index (χ3v) is 2.24. The van der Waals surface area contributed by atoms with Gasteiger partial charge in [-0.2, -0.15) is 0 Å². The number of hydrogen-bond acceptors (Lipinski definition) is 1. The number of rotatable bonds is 6. The lowest BCUT2D eigenvalue weighted by atomic mass is 9.91. The fraction of sp³-hybridized carbons (Fsp3) is 0.900. The van der Waals surface area contributed by atoms with Crippen molar-refractivity contribution in [3.05, 3.63) is 0 Å². The smallest absolute Gasteiger partial charge is 0.0572 e. The van der Waals surface area contributed by atoms with E-state index in [9.17, 15) is 0 Å². The van der Waals surface area contributed by atoms with Crippen LogP contribution >= 0.6 is 0 Å². The molecule has 0 aliphatic rings. The number of unbranched alkanes of at least 4 members (excludes halogenated alkanes) is 1. The Morgan fingerprint density at radius 3 is 2.18 bits per heavy atom. The van der Waals surface area contributed by atoms with Crippen LogP contribution in [0.25, 0.3) is 0 Å². The lowest BCUT2D eigenvalue weighted by Gasteiger charge is -2.23. The van der Waals surface area contributed by atoms with E-state index in [1.54, 1.807) is 0 Å². The van der Waals surface area contributed by atoms with Crippen LogP contribution in [-0.2, 0) is 0 Å². The van der Waals surface area contributed by atoms with Crippen molar-refractivity contribution in [2.45, 2.75) is 58.4 Å². The Labute approximate surface area is 70.9 Å². The highest BCUT2D eigenvalue weighted by Gasteiger charge is 2.18. The zero-order valence-corrected chi connectivity index (χ0v) is 8.19. The summed E-state index contributed by atoms with van der Waals surface area (Å²) in [4.78, 5) is 4.20. The molecule has 11 heavy (non-hydrogen) atoms. The first-order valence-corrected chi connectivity index (χ1v) is 4.66. The van der Waals surface area contributed by atoms with Crippen LogP contribution in [0.3, 0.4) is 0 Å². The van der Waals surface area contributed by atoms with Gasteiger partial charge in [0.25, 0.3) is 0 Å². The summed E-state index contributed by atoms with van der Waals surface area (Å²) in [5, 5.41) is 0. The van der Waals surface area contributed by atoms with Crippen LogP contribution in [0.5, 0.6) is 0 Å². The Hall–Kier alpha value is -0.330. The summed E-state index contributed by atoms with van der Waals surface area (Å²) < 4.78 is 0. The molecule has 0 aromatic heterocycles. The fourth-order valence-corrected chi connectivity index (χ4v) is 1.38. The van der Waals surface area contributed by atoms with Crippen LogP contribution in [0.2, 0.25) is 0 Å². The predicted octanol–water partition coefficient (Wildman–Crippen LogP) is 3.44. The van der Waals surface area contributed by atoms with Crippen LogP contribution in [0, 0.1) is 0 Å². The largest absolute Gasteiger partial charge is 0.295 e. The van der Waals surface area contributed by atoms with E-state index in [1.807, 2.05) is 0 Å².